The van der Waals surface area contributed by atoms with E-state index in [0.29, 0.717) is 21.5 Å². The van der Waals surface area contributed by atoms with E-state index in [9.17, 15) is 0 Å². The first-order valence-electron chi connectivity index (χ1n) is 3.99. The summed E-state index contributed by atoms with van der Waals surface area (Å²) in [5.41, 5.74) is 0. The van der Waals surface area contributed by atoms with Crippen LogP contribution in [0.25, 0.3) is 0 Å². The van der Waals surface area contributed by atoms with E-state index >= 15 is 0 Å². The van der Waals surface area contributed by atoms with Crippen molar-refractivity contribution in [2.24, 2.45) is 5.92 Å². The summed E-state index contributed by atoms with van der Waals surface area (Å²) < 4.78 is 2.61. The third kappa shape index (κ3) is 4.87. The van der Waals surface area contributed by atoms with E-state index in [1.54, 1.807) is 0 Å². The van der Waals surface area contributed by atoms with Gasteiger partial charge in [-0.2, -0.15) is 0 Å². The summed E-state index contributed by atoms with van der Waals surface area (Å²) in [6.45, 7) is 6.03. The van der Waals surface area contributed by atoms with Gasteiger partial charge in [-0.05, 0) is 0 Å². The van der Waals surface area contributed by atoms with Gasteiger partial charge in [0.15, 0.2) is 0 Å². The van der Waals surface area contributed by atoms with Crippen LogP contribution in [0.4, 0.5) is 0 Å². The Kier molecular flexibility index (Phi) is 6.73. The van der Waals surface area contributed by atoms with Gasteiger partial charge in [0.2, 0.25) is 0 Å². The minimum atomic E-state index is 0.348. The fourth-order valence-corrected chi connectivity index (χ4v) is 4.27. The predicted octanol–water partition coefficient (Wildman–Crippen LogP) is -0.495. The molecule has 0 amide bonds. The van der Waals surface area contributed by atoms with Crippen molar-refractivity contribution in [1.29, 1.82) is 0 Å². The van der Waals surface area contributed by atoms with Crippen molar-refractivity contribution < 1.29 is 24.2 Å². The molecule has 0 saturated carbocycles. The normalized spacial score (nSPS) is 19.7. The number of halogens is 2. The summed E-state index contributed by atoms with van der Waals surface area (Å²) in [5.74, 6) is 0.898. The summed E-state index contributed by atoms with van der Waals surface area (Å²) in [7, 11) is 2.39. The third-order valence-corrected chi connectivity index (χ3v) is 7.92. The molecule has 0 N–H and O–H groups in total. The van der Waals surface area contributed by atoms with Crippen LogP contribution in [-0.2, 0) is 0 Å². The molecule has 0 aromatic heterocycles. The molecular weight excluding hydrogens is 364 g/mol. The third-order valence-electron chi connectivity index (χ3n) is 2.05. The number of quaternary nitrogens is 1. The molecule has 2 atom stereocenters. The zero-order valence-corrected chi connectivity index (χ0v) is 12.2. The fourth-order valence-electron chi connectivity index (χ4n) is 0.942. The van der Waals surface area contributed by atoms with Crippen LogP contribution in [0.5, 0.6) is 0 Å². The molecule has 0 aromatic carbocycles. The van der Waals surface area contributed by atoms with Gasteiger partial charge in [0.05, 0.1) is 0 Å². The minimum absolute atomic E-state index is 0.348. The molecule has 0 spiro atoms. The van der Waals surface area contributed by atoms with E-state index in [1.807, 2.05) is 0 Å². The first-order chi connectivity index (χ1) is 5.08. The average molecular weight is 383 g/mol. The van der Waals surface area contributed by atoms with Gasteiger partial charge in [-0.25, -0.2) is 0 Å². The number of hydrogen-bond donors (Lipinski definition) is 0. The van der Waals surface area contributed by atoms with Gasteiger partial charge >= 0.3 is 96.0 Å². The van der Waals surface area contributed by atoms with Crippen LogP contribution >= 0.6 is 22.6 Å². The summed E-state index contributed by atoms with van der Waals surface area (Å²) >= 11 is 2.86. The second-order valence-corrected chi connectivity index (χ2v) is 7.23. The Morgan fingerprint density at radius 3 is 2.36 bits per heavy atom. The molecule has 3 heteroatoms. The summed E-state index contributed by atoms with van der Waals surface area (Å²) in [6, 6.07) is 0. The average Bonchev–Trinajstić information content (AvgIpc) is 2.04. The van der Waals surface area contributed by atoms with E-state index in [0.717, 1.165) is 5.92 Å². The molecule has 2 unspecified atom stereocenters. The first-order valence-corrected chi connectivity index (χ1v) is 8.64. The molecule has 11 heavy (non-hydrogen) atoms. The molecule has 0 rings (SSSR count). The van der Waals surface area contributed by atoms with Gasteiger partial charge in [-0.1, -0.05) is 0 Å². The van der Waals surface area contributed by atoms with Crippen molar-refractivity contribution in [2.45, 2.75) is 20.3 Å². The maximum atomic E-state index is 2.52. The van der Waals surface area contributed by atoms with E-state index in [-0.39, 0.29) is 0 Å². The summed E-state index contributed by atoms with van der Waals surface area (Å²) in [5, 5.41) is 0. The van der Waals surface area contributed by atoms with Crippen molar-refractivity contribution in [3.8, 4) is 0 Å². The van der Waals surface area contributed by atoms with Crippen molar-refractivity contribution in [3.05, 3.63) is 0 Å². The number of nitrogens with zero attached hydrogens (tertiary/aromatic N) is 1. The zero-order valence-electron chi connectivity index (χ0n) is 7.90. The number of rotatable bonds is 5. The van der Waals surface area contributed by atoms with Crippen LogP contribution in [-0.4, -0.2) is 25.8 Å². The van der Waals surface area contributed by atoms with Crippen LogP contribution in [0.1, 0.15) is 20.3 Å². The Labute approximate surface area is 95.3 Å². The van der Waals surface area contributed by atoms with Crippen LogP contribution in [0, 0.1) is 5.92 Å². The first kappa shape index (κ1) is 12.4. The van der Waals surface area contributed by atoms with Gasteiger partial charge < -0.3 is 0 Å². The Morgan fingerprint density at radius 1 is 1.55 bits per heavy atom. The number of hydrogen-bond acceptors (Lipinski definition) is 0. The molecule has 0 aliphatic carbocycles. The van der Waals surface area contributed by atoms with Gasteiger partial charge in [0, 0.05) is 0 Å². The van der Waals surface area contributed by atoms with Gasteiger partial charge in [-0.15, -0.1) is 0 Å². The van der Waals surface area contributed by atoms with Gasteiger partial charge in [0.1, 0.15) is 0 Å². The fraction of sp³-hybridized carbons (Fsp3) is 1.00. The molecule has 0 fully saturated rings. The summed E-state index contributed by atoms with van der Waals surface area (Å²) in [6.07, 6.45) is 1.33. The van der Waals surface area contributed by atoms with Crippen molar-refractivity contribution in [3.63, 3.8) is 0 Å². The molecule has 0 heterocycles. The Bertz CT molecular complexity index is 102. The van der Waals surface area contributed by atoms with Crippen molar-refractivity contribution in [2.75, 3.05) is 23.1 Å². The molecule has 0 saturated heterocycles. The standard InChI is InChI=1S/C8H19I2N/c1-5-8(2)6-11(4,7-9)10-3/h8H,5-7H2,1-4H3. The van der Waals surface area contributed by atoms with E-state index in [2.05, 4.69) is 48.4 Å². The van der Waals surface area contributed by atoms with Crippen LogP contribution in [0.2, 0.25) is 0 Å². The number of alkyl halides is 2. The topological polar surface area (TPSA) is 0 Å². The monoisotopic (exact) mass is 383 g/mol. The molecule has 0 aliphatic heterocycles. The van der Waals surface area contributed by atoms with Crippen LogP contribution < -0.4 is 21.5 Å². The van der Waals surface area contributed by atoms with E-state index in [1.165, 1.54) is 20.2 Å². The van der Waals surface area contributed by atoms with Crippen molar-refractivity contribution >= 4 is 22.6 Å². The molecular formula is C8H19I2N. The second kappa shape index (κ2) is 5.96. The van der Waals surface area contributed by atoms with Crippen LogP contribution in [0.3, 0.4) is 0 Å². The van der Waals surface area contributed by atoms with Crippen molar-refractivity contribution in [1.82, 2.24) is 0 Å². The van der Waals surface area contributed by atoms with E-state index in [4.69, 9.17) is 0 Å². The Hall–Kier alpha value is 1.42. The zero-order chi connectivity index (χ0) is 8.91. The Balaban J connectivity index is 3.86. The second-order valence-electron chi connectivity index (χ2n) is 3.25. The van der Waals surface area contributed by atoms with E-state index < -0.39 is 0 Å². The SMILES string of the molecule is CCC(C)C[N+](C)(CI)[I-]C. The molecule has 0 bridgehead atoms. The maximum absolute atomic E-state index is 2.52. The molecule has 1 nitrogen and oxygen atoms in total. The molecule has 70 valence electrons. The molecule has 0 aromatic rings. The molecule has 0 radical (unpaired) electrons. The molecule has 0 aliphatic rings. The summed E-state index contributed by atoms with van der Waals surface area (Å²) in [4.78, 5) is 2.39. The van der Waals surface area contributed by atoms with Crippen LogP contribution in [0.15, 0.2) is 0 Å². The Morgan fingerprint density at radius 2 is 2.09 bits per heavy atom. The van der Waals surface area contributed by atoms with Gasteiger partial charge in [0.25, 0.3) is 0 Å². The van der Waals surface area contributed by atoms with Gasteiger partial charge in [-0.3, -0.25) is 0 Å². The quantitative estimate of drug-likeness (QED) is 0.260. The predicted molar refractivity (Wildman–Crippen MR) is 55.3 cm³/mol.